The van der Waals surface area contributed by atoms with Crippen LogP contribution in [0.25, 0.3) is 11.6 Å². The SMILES string of the molecule is N#C/C(=C\c1cc2c(cc1Br)OCO2)c1ccc(C(=O)O)cc1. The van der Waals surface area contributed by atoms with Crippen LogP contribution in [0.1, 0.15) is 21.5 Å². The zero-order valence-corrected chi connectivity index (χ0v) is 13.3. The van der Waals surface area contributed by atoms with E-state index in [-0.39, 0.29) is 12.4 Å². The Bertz CT molecular complexity index is 850. The third-order valence-corrected chi connectivity index (χ3v) is 4.04. The minimum atomic E-state index is -1.00. The molecule has 1 aliphatic rings. The maximum atomic E-state index is 10.9. The van der Waals surface area contributed by atoms with Crippen molar-refractivity contribution in [3.05, 3.63) is 57.6 Å². The molecule has 114 valence electrons. The van der Waals surface area contributed by atoms with Crippen molar-refractivity contribution < 1.29 is 19.4 Å². The van der Waals surface area contributed by atoms with E-state index >= 15 is 0 Å². The molecule has 0 aliphatic carbocycles. The number of halogens is 1. The predicted octanol–water partition coefficient (Wildman–Crippen LogP) is 3.94. The molecule has 0 saturated heterocycles. The number of aromatic carboxylic acids is 1. The summed E-state index contributed by atoms with van der Waals surface area (Å²) in [7, 11) is 0. The largest absolute Gasteiger partial charge is 0.478 e. The summed E-state index contributed by atoms with van der Waals surface area (Å²) in [5.74, 6) is 0.272. The maximum absolute atomic E-state index is 10.9. The number of ether oxygens (including phenoxy) is 2. The molecule has 6 heteroatoms. The maximum Gasteiger partial charge on any atom is 0.335 e. The summed E-state index contributed by atoms with van der Waals surface area (Å²) < 4.78 is 11.4. The molecule has 2 aromatic carbocycles. The van der Waals surface area contributed by atoms with E-state index in [1.54, 1.807) is 30.3 Å². The minimum Gasteiger partial charge on any atom is -0.478 e. The molecular weight excluding hydrogens is 362 g/mol. The molecule has 2 aromatic rings. The number of benzene rings is 2. The van der Waals surface area contributed by atoms with Crippen molar-refractivity contribution >= 4 is 33.5 Å². The number of hydrogen-bond donors (Lipinski definition) is 1. The lowest BCUT2D eigenvalue weighted by Gasteiger charge is -2.04. The van der Waals surface area contributed by atoms with Gasteiger partial charge in [-0.1, -0.05) is 28.1 Å². The predicted molar refractivity (Wildman–Crippen MR) is 87.2 cm³/mol. The summed E-state index contributed by atoms with van der Waals surface area (Å²) >= 11 is 3.44. The second-order valence-corrected chi connectivity index (χ2v) is 5.63. The lowest BCUT2D eigenvalue weighted by Crippen LogP contribution is -1.95. The van der Waals surface area contributed by atoms with Crippen LogP contribution in [0, 0.1) is 11.3 Å². The van der Waals surface area contributed by atoms with Crippen LogP contribution in [0.15, 0.2) is 40.9 Å². The monoisotopic (exact) mass is 371 g/mol. The van der Waals surface area contributed by atoms with Crippen molar-refractivity contribution in [3.8, 4) is 17.6 Å². The standard InChI is InChI=1S/C17H10BrNO4/c18-14-7-16-15(22-9-23-16)6-12(14)5-13(8-19)10-1-3-11(4-2-10)17(20)21/h1-7H,9H2,(H,20,21)/b13-5+. The number of fused-ring (bicyclic) bond motifs is 1. The number of hydrogen-bond acceptors (Lipinski definition) is 4. The van der Waals surface area contributed by atoms with Gasteiger partial charge >= 0.3 is 5.97 Å². The Morgan fingerprint density at radius 1 is 1.17 bits per heavy atom. The number of nitrogens with zero attached hydrogens (tertiary/aromatic N) is 1. The normalized spacial score (nSPS) is 12.8. The lowest BCUT2D eigenvalue weighted by atomic mass is 10.0. The number of allylic oxidation sites excluding steroid dienone is 1. The first-order chi connectivity index (χ1) is 11.1. The Morgan fingerprint density at radius 2 is 1.78 bits per heavy atom. The molecule has 3 rings (SSSR count). The Balaban J connectivity index is 1.99. The molecule has 0 atom stereocenters. The van der Waals surface area contributed by atoms with E-state index in [0.717, 1.165) is 10.0 Å². The molecule has 0 radical (unpaired) electrons. The van der Waals surface area contributed by atoms with Gasteiger partial charge in [-0.05, 0) is 41.5 Å². The van der Waals surface area contributed by atoms with Gasteiger partial charge in [-0.25, -0.2) is 4.79 Å². The number of carboxylic acids is 1. The van der Waals surface area contributed by atoms with Crippen LogP contribution in [0.5, 0.6) is 11.5 Å². The highest BCUT2D eigenvalue weighted by Gasteiger charge is 2.16. The van der Waals surface area contributed by atoms with Crippen molar-refractivity contribution in [1.82, 2.24) is 0 Å². The van der Waals surface area contributed by atoms with Crippen LogP contribution in [0.4, 0.5) is 0 Å². The average molecular weight is 372 g/mol. The molecule has 0 amide bonds. The molecule has 0 fully saturated rings. The third kappa shape index (κ3) is 3.05. The van der Waals surface area contributed by atoms with E-state index in [0.29, 0.717) is 22.6 Å². The molecule has 0 bridgehead atoms. The van der Waals surface area contributed by atoms with E-state index in [1.807, 2.05) is 0 Å². The summed E-state index contributed by atoms with van der Waals surface area (Å²) in [6, 6.07) is 11.9. The molecule has 0 aromatic heterocycles. The second-order valence-electron chi connectivity index (χ2n) is 4.78. The summed E-state index contributed by atoms with van der Waals surface area (Å²) in [5.41, 5.74) is 2.01. The van der Waals surface area contributed by atoms with Crippen LogP contribution in [0.3, 0.4) is 0 Å². The fourth-order valence-electron chi connectivity index (χ4n) is 2.17. The van der Waals surface area contributed by atoms with Crippen LogP contribution in [-0.2, 0) is 0 Å². The smallest absolute Gasteiger partial charge is 0.335 e. The first-order valence-corrected chi connectivity index (χ1v) is 7.42. The van der Waals surface area contributed by atoms with Gasteiger partial charge in [0, 0.05) is 4.47 Å². The van der Waals surface area contributed by atoms with Gasteiger partial charge in [0.25, 0.3) is 0 Å². The van der Waals surface area contributed by atoms with Gasteiger partial charge in [0.05, 0.1) is 17.2 Å². The first kappa shape index (κ1) is 15.1. The van der Waals surface area contributed by atoms with E-state index < -0.39 is 5.97 Å². The first-order valence-electron chi connectivity index (χ1n) is 6.63. The molecule has 1 aliphatic heterocycles. The van der Waals surface area contributed by atoms with Crippen molar-refractivity contribution in [2.24, 2.45) is 0 Å². The highest BCUT2D eigenvalue weighted by molar-refractivity contribution is 9.10. The molecule has 0 spiro atoms. The van der Waals surface area contributed by atoms with E-state index in [9.17, 15) is 10.1 Å². The minimum absolute atomic E-state index is 0.176. The van der Waals surface area contributed by atoms with Crippen molar-refractivity contribution in [2.75, 3.05) is 6.79 Å². The highest BCUT2D eigenvalue weighted by Crippen LogP contribution is 2.38. The van der Waals surface area contributed by atoms with Gasteiger partial charge in [-0.15, -0.1) is 0 Å². The van der Waals surface area contributed by atoms with Crippen LogP contribution < -0.4 is 9.47 Å². The number of carboxylic acid groups (broad SMARTS) is 1. The fourth-order valence-corrected chi connectivity index (χ4v) is 2.61. The zero-order valence-electron chi connectivity index (χ0n) is 11.7. The summed E-state index contributed by atoms with van der Waals surface area (Å²) in [6.07, 6.45) is 1.71. The van der Waals surface area contributed by atoms with Crippen molar-refractivity contribution in [1.29, 1.82) is 5.26 Å². The molecule has 0 unspecified atom stereocenters. The topological polar surface area (TPSA) is 79.5 Å². The molecule has 0 saturated carbocycles. The van der Waals surface area contributed by atoms with Crippen molar-refractivity contribution in [2.45, 2.75) is 0 Å². The summed E-state index contributed by atoms with van der Waals surface area (Å²) in [4.78, 5) is 10.9. The van der Waals surface area contributed by atoms with E-state index in [4.69, 9.17) is 14.6 Å². The van der Waals surface area contributed by atoms with Gasteiger partial charge < -0.3 is 14.6 Å². The number of rotatable bonds is 3. The molecule has 5 nitrogen and oxygen atoms in total. The summed E-state index contributed by atoms with van der Waals surface area (Å²) in [5, 5.41) is 18.3. The Kier molecular flexibility index (Phi) is 4.04. The van der Waals surface area contributed by atoms with Gasteiger partial charge in [0.2, 0.25) is 6.79 Å². The number of nitriles is 1. The Morgan fingerprint density at radius 3 is 2.39 bits per heavy atom. The second kappa shape index (κ2) is 6.15. The molecule has 23 heavy (non-hydrogen) atoms. The van der Waals surface area contributed by atoms with Gasteiger partial charge in [0.15, 0.2) is 11.5 Å². The lowest BCUT2D eigenvalue weighted by molar-refractivity contribution is 0.0697. The van der Waals surface area contributed by atoms with Crippen LogP contribution in [-0.4, -0.2) is 17.9 Å². The summed E-state index contributed by atoms with van der Waals surface area (Å²) in [6.45, 7) is 0.177. The molecule has 1 heterocycles. The Labute approximate surface area is 140 Å². The molecular formula is C17H10BrNO4. The zero-order chi connectivity index (χ0) is 16.4. The third-order valence-electron chi connectivity index (χ3n) is 3.36. The highest BCUT2D eigenvalue weighted by atomic mass is 79.9. The van der Waals surface area contributed by atoms with Crippen molar-refractivity contribution in [3.63, 3.8) is 0 Å². The van der Waals surface area contributed by atoms with Gasteiger partial charge in [-0.3, -0.25) is 0 Å². The quantitative estimate of drug-likeness (QED) is 0.652. The van der Waals surface area contributed by atoms with E-state index in [1.165, 1.54) is 12.1 Å². The van der Waals surface area contributed by atoms with Crippen LogP contribution >= 0.6 is 15.9 Å². The number of carbonyl (C=O) groups is 1. The fraction of sp³-hybridized carbons (Fsp3) is 0.0588. The van der Waals surface area contributed by atoms with Gasteiger partial charge in [0.1, 0.15) is 0 Å². The van der Waals surface area contributed by atoms with Crippen LogP contribution in [0.2, 0.25) is 0 Å². The average Bonchev–Trinajstić information content (AvgIpc) is 2.99. The van der Waals surface area contributed by atoms with E-state index in [2.05, 4.69) is 22.0 Å². The molecule has 1 N–H and O–H groups in total. The Hall–Kier alpha value is -2.78. The van der Waals surface area contributed by atoms with Gasteiger partial charge in [-0.2, -0.15) is 5.26 Å².